The number of rotatable bonds is 5. The third-order valence-corrected chi connectivity index (χ3v) is 4.93. The molecule has 0 amide bonds. The summed E-state index contributed by atoms with van der Waals surface area (Å²) in [6, 6.07) is 1.04. The molecular formula is C17H32N4. The molecule has 1 fully saturated rings. The molecule has 0 bridgehead atoms. The van der Waals surface area contributed by atoms with E-state index in [2.05, 4.69) is 60.7 Å². The Morgan fingerprint density at radius 2 is 1.95 bits per heavy atom. The van der Waals surface area contributed by atoms with Crippen LogP contribution in [-0.2, 0) is 6.54 Å². The number of hydrogen-bond donors (Lipinski definition) is 1. The van der Waals surface area contributed by atoms with E-state index in [1.165, 1.54) is 25.9 Å². The molecule has 1 aliphatic heterocycles. The summed E-state index contributed by atoms with van der Waals surface area (Å²) < 4.78 is 2.18. The zero-order valence-electron chi connectivity index (χ0n) is 14.3. The van der Waals surface area contributed by atoms with Crippen LogP contribution in [0.25, 0.3) is 0 Å². The Labute approximate surface area is 129 Å². The molecular weight excluding hydrogens is 260 g/mol. The van der Waals surface area contributed by atoms with Gasteiger partial charge in [0.2, 0.25) is 0 Å². The van der Waals surface area contributed by atoms with E-state index in [1.807, 2.05) is 12.5 Å². The number of hydrogen-bond acceptors (Lipinski definition) is 3. The predicted molar refractivity (Wildman–Crippen MR) is 88.3 cm³/mol. The summed E-state index contributed by atoms with van der Waals surface area (Å²) in [6.07, 6.45) is 8.46. The fourth-order valence-electron chi connectivity index (χ4n) is 3.16. The lowest BCUT2D eigenvalue weighted by atomic mass is 9.84. The molecule has 4 nitrogen and oxygen atoms in total. The minimum Gasteiger partial charge on any atom is -0.336 e. The monoisotopic (exact) mass is 292 g/mol. The highest BCUT2D eigenvalue weighted by molar-refractivity contribution is 4.88. The highest BCUT2D eigenvalue weighted by Crippen LogP contribution is 2.25. The van der Waals surface area contributed by atoms with Crippen LogP contribution in [0.15, 0.2) is 18.7 Å². The first kappa shape index (κ1) is 16.5. The average molecular weight is 292 g/mol. The van der Waals surface area contributed by atoms with Crippen LogP contribution >= 0.6 is 0 Å². The van der Waals surface area contributed by atoms with Crippen molar-refractivity contribution in [3.05, 3.63) is 18.7 Å². The second kappa shape index (κ2) is 6.93. The Bertz CT molecular complexity index is 399. The normalized spacial score (nSPS) is 21.4. The second-order valence-corrected chi connectivity index (χ2v) is 7.77. The van der Waals surface area contributed by atoms with Crippen LogP contribution in [0, 0.1) is 11.3 Å². The third kappa shape index (κ3) is 4.82. The number of likely N-dealkylation sites (tertiary alicyclic amines) is 1. The topological polar surface area (TPSA) is 33.1 Å². The van der Waals surface area contributed by atoms with Gasteiger partial charge in [-0.15, -0.1) is 0 Å². The van der Waals surface area contributed by atoms with Crippen molar-refractivity contribution in [1.29, 1.82) is 0 Å². The summed E-state index contributed by atoms with van der Waals surface area (Å²) >= 11 is 0. The van der Waals surface area contributed by atoms with Crippen LogP contribution in [-0.4, -0.2) is 46.7 Å². The molecule has 2 heterocycles. The van der Waals surface area contributed by atoms with E-state index in [1.54, 1.807) is 0 Å². The van der Waals surface area contributed by atoms with Gasteiger partial charge in [0.05, 0.1) is 6.33 Å². The minimum absolute atomic E-state index is 0.240. The Morgan fingerprint density at radius 3 is 2.48 bits per heavy atom. The number of imidazole rings is 1. The maximum absolute atomic E-state index is 4.16. The first-order chi connectivity index (χ1) is 9.86. The zero-order chi connectivity index (χ0) is 15.5. The molecule has 0 aliphatic carbocycles. The predicted octanol–water partition coefficient (Wildman–Crippen LogP) is 2.62. The van der Waals surface area contributed by atoms with Gasteiger partial charge in [-0.2, -0.15) is 0 Å². The van der Waals surface area contributed by atoms with Crippen LogP contribution in [0.2, 0.25) is 0 Å². The van der Waals surface area contributed by atoms with Gasteiger partial charge in [-0.25, -0.2) is 4.98 Å². The molecule has 0 aromatic carbocycles. The van der Waals surface area contributed by atoms with Crippen LogP contribution in [0.5, 0.6) is 0 Å². The largest absolute Gasteiger partial charge is 0.336 e. The molecule has 1 N–H and O–H groups in total. The molecule has 120 valence electrons. The number of aromatic nitrogens is 2. The molecule has 1 aromatic rings. The fraction of sp³-hybridized carbons (Fsp3) is 0.824. The van der Waals surface area contributed by atoms with Crippen molar-refractivity contribution in [3.8, 4) is 0 Å². The summed E-state index contributed by atoms with van der Waals surface area (Å²) in [7, 11) is 2.23. The summed E-state index contributed by atoms with van der Waals surface area (Å²) in [5, 5.41) is 3.91. The van der Waals surface area contributed by atoms with Gasteiger partial charge in [0.25, 0.3) is 0 Å². The summed E-state index contributed by atoms with van der Waals surface area (Å²) in [5.74, 6) is 0.800. The van der Waals surface area contributed by atoms with E-state index < -0.39 is 0 Å². The van der Waals surface area contributed by atoms with E-state index in [4.69, 9.17) is 0 Å². The van der Waals surface area contributed by atoms with Gasteiger partial charge in [-0.05, 0) is 51.2 Å². The maximum atomic E-state index is 4.16. The summed E-state index contributed by atoms with van der Waals surface area (Å²) in [4.78, 5) is 6.60. The lowest BCUT2D eigenvalue weighted by Gasteiger charge is -2.39. The van der Waals surface area contributed by atoms with Crippen molar-refractivity contribution in [1.82, 2.24) is 19.8 Å². The van der Waals surface area contributed by atoms with Gasteiger partial charge in [0.15, 0.2) is 0 Å². The van der Waals surface area contributed by atoms with E-state index in [9.17, 15) is 0 Å². The fourth-order valence-corrected chi connectivity index (χ4v) is 3.16. The molecule has 1 aromatic heterocycles. The van der Waals surface area contributed by atoms with Gasteiger partial charge in [0.1, 0.15) is 0 Å². The zero-order valence-corrected chi connectivity index (χ0v) is 14.3. The Hall–Kier alpha value is -0.870. The molecule has 4 heteroatoms. The average Bonchev–Trinajstić information content (AvgIpc) is 2.90. The first-order valence-electron chi connectivity index (χ1n) is 8.26. The van der Waals surface area contributed by atoms with E-state index in [-0.39, 0.29) is 5.41 Å². The number of nitrogens with zero attached hydrogens (tertiary/aromatic N) is 3. The van der Waals surface area contributed by atoms with Crippen molar-refractivity contribution in [2.24, 2.45) is 11.3 Å². The summed E-state index contributed by atoms with van der Waals surface area (Å²) in [6.45, 7) is 12.8. The Kier molecular flexibility index (Phi) is 5.44. The van der Waals surface area contributed by atoms with Gasteiger partial charge < -0.3 is 14.8 Å². The van der Waals surface area contributed by atoms with Crippen LogP contribution in [0.3, 0.4) is 0 Å². The SMILES string of the molecule is CC(NC(Cn1ccnc1)C(C)(C)C)C1CCN(C)CC1. The van der Waals surface area contributed by atoms with Crippen molar-refractivity contribution in [3.63, 3.8) is 0 Å². The van der Waals surface area contributed by atoms with Gasteiger partial charge >= 0.3 is 0 Å². The smallest absolute Gasteiger partial charge is 0.0946 e. The van der Waals surface area contributed by atoms with E-state index in [0.717, 1.165) is 12.5 Å². The van der Waals surface area contributed by atoms with Gasteiger partial charge in [-0.1, -0.05) is 20.8 Å². The third-order valence-electron chi connectivity index (χ3n) is 4.93. The molecule has 1 aliphatic rings. The maximum Gasteiger partial charge on any atom is 0.0946 e. The van der Waals surface area contributed by atoms with E-state index >= 15 is 0 Å². The standard InChI is InChI=1S/C17H32N4/c1-14(15-6-9-20(5)10-7-15)19-16(17(2,3)4)12-21-11-8-18-13-21/h8,11,13-16,19H,6-7,9-10,12H2,1-5H3. The summed E-state index contributed by atoms with van der Waals surface area (Å²) in [5.41, 5.74) is 0.240. The molecule has 0 spiro atoms. The van der Waals surface area contributed by atoms with Crippen LogP contribution in [0.4, 0.5) is 0 Å². The molecule has 1 saturated heterocycles. The van der Waals surface area contributed by atoms with Gasteiger partial charge in [0, 0.05) is 31.0 Å². The Balaban J connectivity index is 1.94. The van der Waals surface area contributed by atoms with Crippen molar-refractivity contribution in [2.75, 3.05) is 20.1 Å². The van der Waals surface area contributed by atoms with Crippen LogP contribution < -0.4 is 5.32 Å². The number of nitrogens with one attached hydrogen (secondary N) is 1. The molecule has 2 rings (SSSR count). The van der Waals surface area contributed by atoms with Crippen molar-refractivity contribution in [2.45, 2.75) is 59.2 Å². The lowest BCUT2D eigenvalue weighted by molar-refractivity contribution is 0.155. The Morgan fingerprint density at radius 1 is 1.29 bits per heavy atom. The molecule has 2 atom stereocenters. The van der Waals surface area contributed by atoms with Crippen LogP contribution in [0.1, 0.15) is 40.5 Å². The molecule has 0 saturated carbocycles. The highest BCUT2D eigenvalue weighted by atomic mass is 15.1. The highest BCUT2D eigenvalue weighted by Gasteiger charge is 2.29. The second-order valence-electron chi connectivity index (χ2n) is 7.77. The molecule has 2 unspecified atom stereocenters. The molecule has 21 heavy (non-hydrogen) atoms. The lowest BCUT2D eigenvalue weighted by Crippen LogP contribution is -2.51. The van der Waals surface area contributed by atoms with E-state index in [0.29, 0.717) is 12.1 Å². The minimum atomic E-state index is 0.240. The van der Waals surface area contributed by atoms with Crippen molar-refractivity contribution >= 4 is 0 Å². The molecule has 0 radical (unpaired) electrons. The quantitative estimate of drug-likeness (QED) is 0.905. The first-order valence-corrected chi connectivity index (χ1v) is 8.26. The van der Waals surface area contributed by atoms with Crippen molar-refractivity contribution < 1.29 is 0 Å². The van der Waals surface area contributed by atoms with Gasteiger partial charge in [-0.3, -0.25) is 0 Å². The number of piperidine rings is 1.